The SMILES string of the molecule is COc1ccccc1-n1cc(S(=O)(=O)NC(C(=O)O)C(C)C)cn1. The number of carboxylic acid groups (broad SMARTS) is 1. The summed E-state index contributed by atoms with van der Waals surface area (Å²) in [7, 11) is -2.51. The summed E-state index contributed by atoms with van der Waals surface area (Å²) >= 11 is 0. The van der Waals surface area contributed by atoms with Crippen molar-refractivity contribution in [3.05, 3.63) is 36.7 Å². The Balaban J connectivity index is 2.34. The summed E-state index contributed by atoms with van der Waals surface area (Å²) in [6.07, 6.45) is 2.47. The number of carbonyl (C=O) groups is 1. The highest BCUT2D eigenvalue weighted by molar-refractivity contribution is 7.89. The van der Waals surface area contributed by atoms with E-state index < -0.39 is 28.0 Å². The van der Waals surface area contributed by atoms with Crippen LogP contribution in [0.15, 0.2) is 41.6 Å². The Morgan fingerprint density at radius 1 is 1.33 bits per heavy atom. The normalized spacial score (nSPS) is 13.0. The summed E-state index contributed by atoms with van der Waals surface area (Å²) < 4.78 is 33.6. The van der Waals surface area contributed by atoms with E-state index in [0.29, 0.717) is 11.4 Å². The lowest BCUT2D eigenvalue weighted by molar-refractivity contribution is -0.140. The van der Waals surface area contributed by atoms with E-state index in [1.54, 1.807) is 38.1 Å². The fourth-order valence-corrected chi connectivity index (χ4v) is 3.37. The number of hydrogen-bond donors (Lipinski definition) is 2. The third-order valence-corrected chi connectivity index (χ3v) is 4.81. The molecule has 0 spiro atoms. The van der Waals surface area contributed by atoms with Gasteiger partial charge in [-0.15, -0.1) is 0 Å². The average molecular weight is 353 g/mol. The van der Waals surface area contributed by atoms with Crippen molar-refractivity contribution in [3.63, 3.8) is 0 Å². The highest BCUT2D eigenvalue weighted by Gasteiger charge is 2.29. The highest BCUT2D eigenvalue weighted by Crippen LogP contribution is 2.22. The largest absolute Gasteiger partial charge is 0.494 e. The van der Waals surface area contributed by atoms with Crippen LogP contribution in [-0.2, 0) is 14.8 Å². The minimum absolute atomic E-state index is 0.125. The first-order valence-corrected chi connectivity index (χ1v) is 8.67. The number of nitrogens with zero attached hydrogens (tertiary/aromatic N) is 2. The molecule has 0 aliphatic rings. The molecule has 0 amide bonds. The Labute approximate surface area is 140 Å². The molecular weight excluding hydrogens is 334 g/mol. The zero-order chi connectivity index (χ0) is 17.9. The van der Waals surface area contributed by atoms with Gasteiger partial charge in [0, 0.05) is 0 Å². The third kappa shape index (κ3) is 3.74. The summed E-state index contributed by atoms with van der Waals surface area (Å²) in [6, 6.07) is 5.78. The standard InChI is InChI=1S/C15H19N3O5S/c1-10(2)14(15(19)20)17-24(21,22)11-8-16-18(9-11)12-6-4-5-7-13(12)23-3/h4-10,14,17H,1-3H3,(H,19,20). The molecule has 0 radical (unpaired) electrons. The number of nitrogens with one attached hydrogen (secondary N) is 1. The van der Waals surface area contributed by atoms with Crippen LogP contribution in [-0.4, -0.2) is 42.4 Å². The molecule has 8 nitrogen and oxygen atoms in total. The molecule has 2 rings (SSSR count). The zero-order valence-electron chi connectivity index (χ0n) is 13.5. The van der Waals surface area contributed by atoms with Gasteiger partial charge >= 0.3 is 5.97 Å². The predicted molar refractivity (Wildman–Crippen MR) is 86.7 cm³/mol. The van der Waals surface area contributed by atoms with Crippen LogP contribution < -0.4 is 9.46 Å². The fraction of sp³-hybridized carbons (Fsp3) is 0.333. The number of sulfonamides is 1. The van der Waals surface area contributed by atoms with Crippen LogP contribution in [0.4, 0.5) is 0 Å². The first-order valence-electron chi connectivity index (χ1n) is 7.19. The van der Waals surface area contributed by atoms with Gasteiger partial charge in [0.2, 0.25) is 10.0 Å². The molecule has 1 aromatic carbocycles. The van der Waals surface area contributed by atoms with E-state index in [1.165, 1.54) is 18.0 Å². The Morgan fingerprint density at radius 2 is 2.00 bits per heavy atom. The van der Waals surface area contributed by atoms with Crippen molar-refractivity contribution in [1.29, 1.82) is 0 Å². The summed E-state index contributed by atoms with van der Waals surface area (Å²) in [6.45, 7) is 3.25. The smallest absolute Gasteiger partial charge is 0.322 e. The number of carboxylic acids is 1. The van der Waals surface area contributed by atoms with Crippen molar-refractivity contribution in [2.45, 2.75) is 24.8 Å². The maximum absolute atomic E-state index is 12.4. The molecule has 0 bridgehead atoms. The average Bonchev–Trinajstić information content (AvgIpc) is 3.02. The van der Waals surface area contributed by atoms with Gasteiger partial charge < -0.3 is 9.84 Å². The number of aromatic nitrogens is 2. The van der Waals surface area contributed by atoms with E-state index in [4.69, 9.17) is 9.84 Å². The molecule has 1 aromatic heterocycles. The number of para-hydroxylation sites is 2. The van der Waals surface area contributed by atoms with Crippen LogP contribution in [0.2, 0.25) is 0 Å². The van der Waals surface area contributed by atoms with Gasteiger partial charge in [0.1, 0.15) is 22.4 Å². The van der Waals surface area contributed by atoms with Gasteiger partial charge in [0.25, 0.3) is 0 Å². The predicted octanol–water partition coefficient (Wildman–Crippen LogP) is 1.27. The molecule has 0 aliphatic heterocycles. The van der Waals surface area contributed by atoms with Gasteiger partial charge in [-0.05, 0) is 18.1 Å². The Kier molecular flexibility index (Phi) is 5.25. The minimum atomic E-state index is -4.01. The summed E-state index contributed by atoms with van der Waals surface area (Å²) in [4.78, 5) is 11.1. The van der Waals surface area contributed by atoms with Gasteiger partial charge in [-0.3, -0.25) is 4.79 Å². The quantitative estimate of drug-likeness (QED) is 0.775. The van der Waals surface area contributed by atoms with Crippen molar-refractivity contribution < 1.29 is 23.1 Å². The van der Waals surface area contributed by atoms with Crippen LogP contribution in [0.3, 0.4) is 0 Å². The molecule has 130 valence electrons. The van der Waals surface area contributed by atoms with Gasteiger partial charge in [0.05, 0.1) is 19.5 Å². The van der Waals surface area contributed by atoms with Crippen LogP contribution in [0.1, 0.15) is 13.8 Å². The van der Waals surface area contributed by atoms with Crippen molar-refractivity contribution in [2.24, 2.45) is 5.92 Å². The molecular formula is C15H19N3O5S. The Hall–Kier alpha value is -2.39. The molecule has 0 saturated carbocycles. The third-order valence-electron chi connectivity index (χ3n) is 3.42. The fourth-order valence-electron chi connectivity index (χ4n) is 2.10. The van der Waals surface area contributed by atoms with Crippen LogP contribution >= 0.6 is 0 Å². The van der Waals surface area contributed by atoms with Crippen LogP contribution in [0.5, 0.6) is 5.75 Å². The summed E-state index contributed by atoms with van der Waals surface area (Å²) in [5.74, 6) is -1.10. The second kappa shape index (κ2) is 7.02. The lowest BCUT2D eigenvalue weighted by Crippen LogP contribution is -2.44. The Bertz CT molecular complexity index is 829. The molecule has 1 heterocycles. The molecule has 24 heavy (non-hydrogen) atoms. The van der Waals surface area contributed by atoms with E-state index in [9.17, 15) is 13.2 Å². The maximum atomic E-state index is 12.4. The highest BCUT2D eigenvalue weighted by atomic mass is 32.2. The number of ether oxygens (including phenoxy) is 1. The van der Waals surface area contributed by atoms with Gasteiger partial charge in [-0.1, -0.05) is 26.0 Å². The molecule has 0 aliphatic carbocycles. The molecule has 0 fully saturated rings. The van der Waals surface area contributed by atoms with Crippen molar-refractivity contribution in [3.8, 4) is 11.4 Å². The zero-order valence-corrected chi connectivity index (χ0v) is 14.3. The van der Waals surface area contributed by atoms with Crippen LogP contribution in [0, 0.1) is 5.92 Å². The summed E-state index contributed by atoms with van der Waals surface area (Å²) in [5.41, 5.74) is 0.570. The van der Waals surface area contributed by atoms with Gasteiger partial charge in [-0.2, -0.15) is 9.82 Å². The second-order valence-electron chi connectivity index (χ2n) is 5.47. The number of aliphatic carboxylic acids is 1. The minimum Gasteiger partial charge on any atom is -0.494 e. The molecule has 2 N–H and O–H groups in total. The van der Waals surface area contributed by atoms with E-state index in [-0.39, 0.29) is 4.90 Å². The molecule has 1 atom stereocenters. The van der Waals surface area contributed by atoms with E-state index in [2.05, 4.69) is 9.82 Å². The first-order chi connectivity index (χ1) is 11.3. The molecule has 0 saturated heterocycles. The monoisotopic (exact) mass is 353 g/mol. The van der Waals surface area contributed by atoms with Crippen molar-refractivity contribution >= 4 is 16.0 Å². The van der Waals surface area contributed by atoms with Gasteiger partial charge in [0.15, 0.2) is 0 Å². The number of benzene rings is 1. The van der Waals surface area contributed by atoms with Crippen molar-refractivity contribution in [2.75, 3.05) is 7.11 Å². The van der Waals surface area contributed by atoms with E-state index in [1.807, 2.05) is 0 Å². The van der Waals surface area contributed by atoms with Crippen LogP contribution in [0.25, 0.3) is 5.69 Å². The maximum Gasteiger partial charge on any atom is 0.322 e. The molecule has 2 aromatic rings. The van der Waals surface area contributed by atoms with E-state index >= 15 is 0 Å². The van der Waals surface area contributed by atoms with E-state index in [0.717, 1.165) is 6.20 Å². The summed E-state index contributed by atoms with van der Waals surface area (Å²) in [5, 5.41) is 13.2. The second-order valence-corrected chi connectivity index (χ2v) is 7.19. The van der Waals surface area contributed by atoms with Gasteiger partial charge in [-0.25, -0.2) is 13.1 Å². The topological polar surface area (TPSA) is 111 Å². The number of rotatable bonds is 7. The molecule has 9 heteroatoms. The number of hydrogen-bond acceptors (Lipinski definition) is 5. The first kappa shape index (κ1) is 18.0. The number of methoxy groups -OCH3 is 1. The Morgan fingerprint density at radius 3 is 2.58 bits per heavy atom. The van der Waals surface area contributed by atoms with Crippen molar-refractivity contribution in [1.82, 2.24) is 14.5 Å². The molecule has 1 unspecified atom stereocenters. The lowest BCUT2D eigenvalue weighted by Gasteiger charge is -2.17. The lowest BCUT2D eigenvalue weighted by atomic mass is 10.1.